The summed E-state index contributed by atoms with van der Waals surface area (Å²) in [6.45, 7) is 0. The van der Waals surface area contributed by atoms with Crippen molar-refractivity contribution < 1.29 is 19.8 Å². The first-order valence-corrected chi connectivity index (χ1v) is 7.86. The molecule has 0 saturated heterocycles. The summed E-state index contributed by atoms with van der Waals surface area (Å²) in [6, 6.07) is 12.6. The number of benzene rings is 2. The van der Waals surface area contributed by atoms with Gasteiger partial charge >= 0.3 is 0 Å². The summed E-state index contributed by atoms with van der Waals surface area (Å²) in [5.74, 6) is -1.64. The Labute approximate surface area is 144 Å². The summed E-state index contributed by atoms with van der Waals surface area (Å²) in [5.41, 5.74) is 2.40. The molecule has 0 unspecified atom stereocenters. The van der Waals surface area contributed by atoms with Crippen molar-refractivity contribution in [3.8, 4) is 5.75 Å². The second kappa shape index (κ2) is 7.09. The number of rotatable bonds is 6. The number of para-hydroxylation sites is 1. The summed E-state index contributed by atoms with van der Waals surface area (Å²) >= 11 is 0. The van der Waals surface area contributed by atoms with Crippen molar-refractivity contribution in [3.63, 3.8) is 0 Å². The van der Waals surface area contributed by atoms with Crippen molar-refractivity contribution in [2.45, 2.75) is 18.9 Å². The Balaban J connectivity index is 1.68. The van der Waals surface area contributed by atoms with E-state index in [9.17, 15) is 19.8 Å². The van der Waals surface area contributed by atoms with Gasteiger partial charge in [-0.25, -0.2) is 0 Å². The summed E-state index contributed by atoms with van der Waals surface area (Å²) in [7, 11) is 0. The lowest BCUT2D eigenvalue weighted by Crippen LogP contribution is -2.49. The molecule has 128 valence electrons. The van der Waals surface area contributed by atoms with Crippen LogP contribution in [0.2, 0.25) is 0 Å². The van der Waals surface area contributed by atoms with Crippen LogP contribution in [-0.2, 0) is 22.4 Å². The van der Waals surface area contributed by atoms with Gasteiger partial charge in [0.2, 0.25) is 5.91 Å². The normalized spacial score (nSPS) is 12.0. The van der Waals surface area contributed by atoms with E-state index in [-0.39, 0.29) is 18.6 Å². The Hall–Kier alpha value is -3.28. The smallest absolute Gasteiger partial charge is 0.225 e. The number of phenols is 1. The quantitative estimate of drug-likeness (QED) is 0.621. The van der Waals surface area contributed by atoms with Gasteiger partial charge < -0.3 is 25.3 Å². The molecule has 0 fully saturated rings. The maximum Gasteiger partial charge on any atom is 0.225 e. The molecule has 0 aliphatic heterocycles. The molecule has 0 bridgehead atoms. The fourth-order valence-corrected chi connectivity index (χ4v) is 2.76. The standard InChI is InChI=1S/C19H18N2O4/c22-14-7-5-12(6-8-14)9-17(19(24)25)21-18(23)10-13-11-20-16-4-2-1-3-15(13)16/h1-8,11,17,20,22H,9-10H2,(H,21,23)(H,24,25)/p-1/t17-/m0/s1. The third-order valence-corrected chi connectivity index (χ3v) is 4.02. The van der Waals surface area contributed by atoms with E-state index in [1.807, 2.05) is 24.3 Å². The second-order valence-corrected chi connectivity index (χ2v) is 5.85. The lowest BCUT2D eigenvalue weighted by atomic mass is 10.0. The number of aromatic hydroxyl groups is 1. The largest absolute Gasteiger partial charge is 0.548 e. The van der Waals surface area contributed by atoms with Crippen molar-refractivity contribution >= 4 is 22.8 Å². The Bertz CT molecular complexity index is 899. The van der Waals surface area contributed by atoms with Gasteiger partial charge in [-0.15, -0.1) is 0 Å². The summed E-state index contributed by atoms with van der Waals surface area (Å²) in [4.78, 5) is 26.7. The van der Waals surface area contributed by atoms with Gasteiger partial charge in [-0.2, -0.15) is 0 Å². The van der Waals surface area contributed by atoms with E-state index in [4.69, 9.17) is 0 Å². The summed E-state index contributed by atoms with van der Waals surface area (Å²) in [6.07, 6.45) is 1.91. The molecule has 1 heterocycles. The number of hydrogen-bond acceptors (Lipinski definition) is 4. The van der Waals surface area contributed by atoms with Crippen molar-refractivity contribution in [2.75, 3.05) is 0 Å². The van der Waals surface area contributed by atoms with Gasteiger partial charge in [0, 0.05) is 17.1 Å². The first-order chi connectivity index (χ1) is 12.0. The van der Waals surface area contributed by atoms with E-state index in [2.05, 4.69) is 10.3 Å². The highest BCUT2D eigenvalue weighted by Crippen LogP contribution is 2.18. The molecular formula is C19H17N2O4-. The number of amides is 1. The van der Waals surface area contributed by atoms with Gasteiger partial charge in [0.25, 0.3) is 0 Å². The molecule has 3 rings (SSSR count). The van der Waals surface area contributed by atoms with Crippen LogP contribution in [0.3, 0.4) is 0 Å². The maximum atomic E-state index is 12.3. The summed E-state index contributed by atoms with van der Waals surface area (Å²) < 4.78 is 0. The number of H-pyrrole nitrogens is 1. The number of carbonyl (C=O) groups excluding carboxylic acids is 2. The van der Waals surface area contributed by atoms with Crippen LogP contribution < -0.4 is 10.4 Å². The predicted octanol–water partition coefficient (Wildman–Crippen LogP) is 0.893. The zero-order valence-electron chi connectivity index (χ0n) is 13.4. The molecule has 0 aliphatic carbocycles. The zero-order valence-corrected chi connectivity index (χ0v) is 13.4. The average molecular weight is 337 g/mol. The van der Waals surface area contributed by atoms with Gasteiger partial charge in [0.1, 0.15) is 5.75 Å². The Kier molecular flexibility index (Phi) is 4.70. The van der Waals surface area contributed by atoms with Crippen molar-refractivity contribution in [1.82, 2.24) is 10.3 Å². The zero-order chi connectivity index (χ0) is 17.8. The molecule has 1 aromatic heterocycles. The number of carbonyl (C=O) groups is 2. The fourth-order valence-electron chi connectivity index (χ4n) is 2.76. The van der Waals surface area contributed by atoms with Crippen molar-refractivity contribution in [1.29, 1.82) is 0 Å². The molecule has 2 aromatic carbocycles. The van der Waals surface area contributed by atoms with Crippen molar-refractivity contribution in [2.24, 2.45) is 0 Å². The van der Waals surface area contributed by atoms with Gasteiger partial charge in [-0.1, -0.05) is 30.3 Å². The number of phenolic OH excluding ortho intramolecular Hbond substituents is 1. The minimum Gasteiger partial charge on any atom is -0.548 e. The van der Waals surface area contributed by atoms with E-state index >= 15 is 0 Å². The molecule has 25 heavy (non-hydrogen) atoms. The third-order valence-electron chi connectivity index (χ3n) is 4.02. The number of aromatic amines is 1. The topological polar surface area (TPSA) is 105 Å². The van der Waals surface area contributed by atoms with E-state index in [0.717, 1.165) is 16.5 Å². The van der Waals surface area contributed by atoms with E-state index in [0.29, 0.717) is 5.56 Å². The molecule has 0 spiro atoms. The number of hydrogen-bond donors (Lipinski definition) is 3. The molecule has 0 radical (unpaired) electrons. The second-order valence-electron chi connectivity index (χ2n) is 5.85. The molecule has 1 atom stereocenters. The molecule has 6 nitrogen and oxygen atoms in total. The van der Waals surface area contributed by atoms with Crippen molar-refractivity contribution in [3.05, 3.63) is 65.9 Å². The Morgan fingerprint density at radius 2 is 1.84 bits per heavy atom. The van der Waals surface area contributed by atoms with Crippen LogP contribution in [-0.4, -0.2) is 28.0 Å². The van der Waals surface area contributed by atoms with Gasteiger partial charge in [-0.3, -0.25) is 4.79 Å². The number of carboxylic acid groups (broad SMARTS) is 1. The highest BCUT2D eigenvalue weighted by atomic mass is 16.4. The monoisotopic (exact) mass is 337 g/mol. The molecular weight excluding hydrogens is 320 g/mol. The van der Waals surface area contributed by atoms with E-state index < -0.39 is 17.9 Å². The lowest BCUT2D eigenvalue weighted by molar-refractivity contribution is -0.308. The van der Waals surface area contributed by atoms with E-state index in [1.165, 1.54) is 12.1 Å². The van der Waals surface area contributed by atoms with Crippen LogP contribution in [0.15, 0.2) is 54.7 Å². The molecule has 3 aromatic rings. The first-order valence-electron chi connectivity index (χ1n) is 7.86. The van der Waals surface area contributed by atoms with Gasteiger partial charge in [0.15, 0.2) is 0 Å². The molecule has 0 saturated carbocycles. The van der Waals surface area contributed by atoms with E-state index in [1.54, 1.807) is 18.3 Å². The van der Waals surface area contributed by atoms with Crippen LogP contribution in [0.1, 0.15) is 11.1 Å². The molecule has 0 aliphatic rings. The molecule has 6 heteroatoms. The highest BCUT2D eigenvalue weighted by Gasteiger charge is 2.16. The minimum atomic E-state index is -1.35. The first kappa shape index (κ1) is 16.6. The Morgan fingerprint density at radius 1 is 1.12 bits per heavy atom. The number of carboxylic acids is 1. The van der Waals surface area contributed by atoms with Crippen LogP contribution in [0.4, 0.5) is 0 Å². The number of fused-ring (bicyclic) bond motifs is 1. The molecule has 1 amide bonds. The fraction of sp³-hybridized carbons (Fsp3) is 0.158. The van der Waals surface area contributed by atoms with Crippen LogP contribution in [0, 0.1) is 0 Å². The predicted molar refractivity (Wildman–Crippen MR) is 90.8 cm³/mol. The number of aromatic nitrogens is 1. The minimum absolute atomic E-state index is 0.0728. The van der Waals surface area contributed by atoms with Gasteiger partial charge in [0.05, 0.1) is 18.4 Å². The SMILES string of the molecule is O=C(Cc1c[nH]c2ccccc12)N[C@@H](Cc1ccc(O)cc1)C(=O)[O-]. The Morgan fingerprint density at radius 3 is 2.56 bits per heavy atom. The maximum absolute atomic E-state index is 12.3. The van der Waals surface area contributed by atoms with Gasteiger partial charge in [-0.05, 0) is 35.7 Å². The average Bonchev–Trinajstić information content (AvgIpc) is 2.99. The summed E-state index contributed by atoms with van der Waals surface area (Å²) in [5, 5.41) is 24.1. The molecule has 3 N–H and O–H groups in total. The number of aliphatic carboxylic acids is 1. The number of nitrogens with one attached hydrogen (secondary N) is 2. The lowest BCUT2D eigenvalue weighted by Gasteiger charge is -2.20. The van der Waals surface area contributed by atoms with Crippen LogP contribution >= 0.6 is 0 Å². The van der Waals surface area contributed by atoms with Crippen LogP contribution in [0.5, 0.6) is 5.75 Å². The third kappa shape index (κ3) is 3.98. The van der Waals surface area contributed by atoms with Crippen LogP contribution in [0.25, 0.3) is 10.9 Å². The highest BCUT2D eigenvalue weighted by molar-refractivity contribution is 5.90.